The Kier molecular flexibility index (Phi) is 10.3. The SMILES string of the molecule is CCC[C@@H](CO)Nc1nc(N)nc(C)c1Cc1ccc(CC(=O)OCC2CCN(C)CC2)cc1OC. The van der Waals surface area contributed by atoms with Gasteiger partial charge < -0.3 is 30.5 Å². The fourth-order valence-corrected chi connectivity index (χ4v) is 4.59. The Bertz CT molecular complexity index is 1010. The van der Waals surface area contributed by atoms with Crippen LogP contribution in [0.3, 0.4) is 0 Å². The van der Waals surface area contributed by atoms with Crippen LogP contribution in [0.4, 0.5) is 11.8 Å². The van der Waals surface area contributed by atoms with E-state index in [0.717, 1.165) is 61.2 Å². The first-order valence-electron chi connectivity index (χ1n) is 12.8. The highest BCUT2D eigenvalue weighted by Gasteiger charge is 2.20. The Morgan fingerprint density at radius 2 is 2.06 bits per heavy atom. The highest BCUT2D eigenvalue weighted by atomic mass is 16.5. The molecular formula is C27H41N5O4. The molecule has 1 aromatic carbocycles. The van der Waals surface area contributed by atoms with E-state index in [9.17, 15) is 9.90 Å². The maximum absolute atomic E-state index is 12.5. The maximum atomic E-state index is 12.5. The summed E-state index contributed by atoms with van der Waals surface area (Å²) < 4.78 is 11.2. The molecule has 0 unspecified atom stereocenters. The van der Waals surface area contributed by atoms with Gasteiger partial charge in [-0.3, -0.25) is 4.79 Å². The lowest BCUT2D eigenvalue weighted by molar-refractivity contribution is -0.144. The molecule has 1 saturated heterocycles. The monoisotopic (exact) mass is 499 g/mol. The molecular weight excluding hydrogens is 458 g/mol. The van der Waals surface area contributed by atoms with Crippen molar-refractivity contribution in [2.24, 2.45) is 5.92 Å². The topological polar surface area (TPSA) is 123 Å². The number of esters is 1. The number of ether oxygens (including phenoxy) is 2. The molecule has 198 valence electrons. The number of nitrogen functional groups attached to an aromatic ring is 1. The molecule has 9 nitrogen and oxygen atoms in total. The number of aliphatic hydroxyl groups is 1. The summed E-state index contributed by atoms with van der Waals surface area (Å²) in [4.78, 5) is 23.5. The second-order valence-corrected chi connectivity index (χ2v) is 9.74. The fraction of sp³-hybridized carbons (Fsp3) is 0.593. The number of piperidine rings is 1. The van der Waals surface area contributed by atoms with Gasteiger partial charge in [-0.2, -0.15) is 4.98 Å². The zero-order valence-electron chi connectivity index (χ0n) is 22.0. The second kappa shape index (κ2) is 13.4. The lowest BCUT2D eigenvalue weighted by Gasteiger charge is -2.28. The van der Waals surface area contributed by atoms with Gasteiger partial charge in [0.1, 0.15) is 11.6 Å². The number of benzene rings is 1. The van der Waals surface area contributed by atoms with Gasteiger partial charge in [-0.1, -0.05) is 25.5 Å². The normalized spacial score (nSPS) is 15.5. The van der Waals surface area contributed by atoms with Crippen molar-refractivity contribution in [3.05, 3.63) is 40.6 Å². The van der Waals surface area contributed by atoms with Crippen LogP contribution in [-0.4, -0.2) is 72.4 Å². The van der Waals surface area contributed by atoms with Gasteiger partial charge in [0, 0.05) is 17.7 Å². The summed E-state index contributed by atoms with van der Waals surface area (Å²) in [5, 5.41) is 13.1. The third-order valence-electron chi connectivity index (χ3n) is 6.81. The quantitative estimate of drug-likeness (QED) is 0.378. The number of nitrogens with two attached hydrogens (primary N) is 1. The number of aromatic nitrogens is 2. The summed E-state index contributed by atoms with van der Waals surface area (Å²) in [5.41, 5.74) is 9.36. The van der Waals surface area contributed by atoms with Gasteiger partial charge in [0.2, 0.25) is 5.95 Å². The number of likely N-dealkylation sites (tertiary alicyclic amines) is 1. The standard InChI is InChI=1S/C27H41N5O4/c1-5-6-22(16-33)30-26-23(18(2)29-27(28)31-26)15-21-8-7-20(13-24(21)35-4)14-25(34)36-17-19-9-11-32(3)12-10-19/h7-8,13,19,22,33H,5-6,9-12,14-17H2,1-4H3,(H3,28,29,30,31)/t22-/m0/s1. The lowest BCUT2D eigenvalue weighted by atomic mass is 9.98. The van der Waals surface area contributed by atoms with Gasteiger partial charge in [-0.15, -0.1) is 0 Å². The van der Waals surface area contributed by atoms with Crippen LogP contribution in [0.25, 0.3) is 0 Å². The predicted octanol–water partition coefficient (Wildman–Crippen LogP) is 2.97. The molecule has 0 amide bonds. The van der Waals surface area contributed by atoms with E-state index in [2.05, 4.69) is 34.2 Å². The van der Waals surface area contributed by atoms with Crippen molar-refractivity contribution in [3.63, 3.8) is 0 Å². The van der Waals surface area contributed by atoms with Crippen LogP contribution in [0, 0.1) is 12.8 Å². The second-order valence-electron chi connectivity index (χ2n) is 9.74. The van der Waals surface area contributed by atoms with E-state index in [4.69, 9.17) is 15.2 Å². The van der Waals surface area contributed by atoms with E-state index in [1.54, 1.807) is 7.11 Å². The molecule has 0 saturated carbocycles. The van der Waals surface area contributed by atoms with Crippen LogP contribution in [-0.2, 0) is 22.4 Å². The van der Waals surface area contributed by atoms with Crippen molar-refractivity contribution >= 4 is 17.7 Å². The molecule has 3 rings (SSSR count). The molecule has 1 aliphatic heterocycles. The van der Waals surface area contributed by atoms with Gasteiger partial charge in [0.15, 0.2) is 0 Å². The molecule has 0 radical (unpaired) electrons. The number of hydrogen-bond acceptors (Lipinski definition) is 9. The third-order valence-corrected chi connectivity index (χ3v) is 6.81. The van der Waals surface area contributed by atoms with E-state index in [1.807, 2.05) is 25.1 Å². The lowest BCUT2D eigenvalue weighted by Crippen LogP contribution is -2.32. The van der Waals surface area contributed by atoms with E-state index in [-0.39, 0.29) is 31.0 Å². The number of methoxy groups -OCH3 is 1. The van der Waals surface area contributed by atoms with Crippen molar-refractivity contribution < 1.29 is 19.4 Å². The van der Waals surface area contributed by atoms with Gasteiger partial charge in [-0.25, -0.2) is 4.98 Å². The van der Waals surface area contributed by atoms with E-state index < -0.39 is 0 Å². The molecule has 0 aliphatic carbocycles. The summed E-state index contributed by atoms with van der Waals surface area (Å²) in [5.74, 6) is 1.72. The largest absolute Gasteiger partial charge is 0.496 e. The van der Waals surface area contributed by atoms with Crippen LogP contribution in [0.1, 0.15) is 55.0 Å². The molecule has 1 fully saturated rings. The van der Waals surface area contributed by atoms with E-state index in [0.29, 0.717) is 30.5 Å². The molecule has 1 aliphatic rings. The summed E-state index contributed by atoms with van der Waals surface area (Å²) >= 11 is 0. The molecule has 2 aromatic rings. The number of aliphatic hydroxyl groups excluding tert-OH is 1. The molecule has 0 spiro atoms. The zero-order valence-corrected chi connectivity index (χ0v) is 22.0. The average molecular weight is 500 g/mol. The highest BCUT2D eigenvalue weighted by Crippen LogP contribution is 2.28. The van der Waals surface area contributed by atoms with Gasteiger partial charge >= 0.3 is 5.97 Å². The molecule has 9 heteroatoms. The summed E-state index contributed by atoms with van der Waals surface area (Å²) in [7, 11) is 3.74. The van der Waals surface area contributed by atoms with E-state index in [1.165, 1.54) is 0 Å². The number of hydrogen-bond donors (Lipinski definition) is 3. The Labute approximate surface area is 214 Å². The minimum Gasteiger partial charge on any atom is -0.496 e. The minimum atomic E-state index is -0.219. The number of aryl methyl sites for hydroxylation is 1. The molecule has 0 bridgehead atoms. The van der Waals surface area contributed by atoms with Crippen LogP contribution in [0.15, 0.2) is 18.2 Å². The number of nitrogens with zero attached hydrogens (tertiary/aromatic N) is 3. The first-order chi connectivity index (χ1) is 17.3. The number of nitrogens with one attached hydrogen (secondary N) is 1. The molecule has 4 N–H and O–H groups in total. The minimum absolute atomic E-state index is 0.00213. The number of carbonyl (C=O) groups excluding carboxylic acids is 1. The van der Waals surface area contributed by atoms with E-state index >= 15 is 0 Å². The number of anilines is 2. The number of carbonyl (C=O) groups is 1. The molecule has 1 aromatic heterocycles. The number of rotatable bonds is 12. The van der Waals surface area contributed by atoms with Crippen LogP contribution in [0.5, 0.6) is 5.75 Å². The van der Waals surface area contributed by atoms with Crippen LogP contribution >= 0.6 is 0 Å². The maximum Gasteiger partial charge on any atom is 0.310 e. The first kappa shape index (κ1) is 27.7. The zero-order chi connectivity index (χ0) is 26.1. The first-order valence-corrected chi connectivity index (χ1v) is 12.8. The van der Waals surface area contributed by atoms with Crippen molar-refractivity contribution in [1.29, 1.82) is 0 Å². The Hall–Kier alpha value is -2.91. The van der Waals surface area contributed by atoms with Crippen LogP contribution in [0.2, 0.25) is 0 Å². The van der Waals surface area contributed by atoms with Gasteiger partial charge in [-0.05, 0) is 69.4 Å². The van der Waals surface area contributed by atoms with Crippen molar-refractivity contribution in [2.45, 2.75) is 58.4 Å². The molecule has 36 heavy (non-hydrogen) atoms. The predicted molar refractivity (Wildman–Crippen MR) is 141 cm³/mol. The highest BCUT2D eigenvalue weighted by molar-refractivity contribution is 5.73. The Balaban J connectivity index is 1.69. The molecule has 2 heterocycles. The molecule has 1 atom stereocenters. The fourth-order valence-electron chi connectivity index (χ4n) is 4.59. The third kappa shape index (κ3) is 7.80. The average Bonchev–Trinajstić information content (AvgIpc) is 2.86. The summed E-state index contributed by atoms with van der Waals surface area (Å²) in [6.45, 7) is 6.56. The summed E-state index contributed by atoms with van der Waals surface area (Å²) in [6, 6.07) is 5.67. The van der Waals surface area contributed by atoms with Crippen molar-refractivity contribution in [3.8, 4) is 5.75 Å². The van der Waals surface area contributed by atoms with Gasteiger partial charge in [0.25, 0.3) is 0 Å². The van der Waals surface area contributed by atoms with Gasteiger partial charge in [0.05, 0.1) is 32.8 Å². The van der Waals surface area contributed by atoms with Crippen molar-refractivity contribution in [2.75, 3.05) is 51.5 Å². The van der Waals surface area contributed by atoms with Crippen molar-refractivity contribution in [1.82, 2.24) is 14.9 Å². The Morgan fingerprint density at radius 1 is 1.31 bits per heavy atom. The Morgan fingerprint density at radius 3 is 2.72 bits per heavy atom. The van der Waals surface area contributed by atoms with Crippen LogP contribution < -0.4 is 15.8 Å². The smallest absolute Gasteiger partial charge is 0.310 e. The summed E-state index contributed by atoms with van der Waals surface area (Å²) in [6.07, 6.45) is 4.59.